The van der Waals surface area contributed by atoms with E-state index in [1.165, 1.54) is 6.08 Å². The molecule has 0 saturated carbocycles. The number of ether oxygens (including phenoxy) is 2. The molecule has 0 aromatic rings. The van der Waals surface area contributed by atoms with Crippen molar-refractivity contribution in [3.63, 3.8) is 0 Å². The topological polar surface area (TPSA) is 52.6 Å². The highest BCUT2D eigenvalue weighted by molar-refractivity contribution is 6.55. The Hall–Kier alpha value is -0.740. The van der Waals surface area contributed by atoms with Crippen LogP contribution in [0, 0.1) is 5.41 Å². The maximum atomic E-state index is 12.3. The minimum atomic E-state index is -1.29. The number of hydrogen-bond acceptors (Lipinski definition) is 4. The molecule has 0 heterocycles. The van der Waals surface area contributed by atoms with E-state index < -0.39 is 23.5 Å². The van der Waals surface area contributed by atoms with Crippen LogP contribution in [0.15, 0.2) is 10.6 Å². The number of hydrogen-bond donors (Lipinski definition) is 0. The fourth-order valence-electron chi connectivity index (χ4n) is 1.73. The second kappa shape index (κ2) is 8.53. The van der Waals surface area contributed by atoms with Gasteiger partial charge in [-0.3, -0.25) is 9.59 Å². The third-order valence-electron chi connectivity index (χ3n) is 2.98. The van der Waals surface area contributed by atoms with E-state index in [4.69, 9.17) is 32.7 Å². The zero-order chi connectivity index (χ0) is 15.9. The van der Waals surface area contributed by atoms with Crippen molar-refractivity contribution in [3.8, 4) is 0 Å². The molecule has 0 spiro atoms. The molecule has 0 radical (unpaired) electrons. The average Bonchev–Trinajstić information content (AvgIpc) is 2.28. The smallest absolute Gasteiger partial charge is 0.324 e. The maximum Gasteiger partial charge on any atom is 0.324 e. The molecule has 1 unspecified atom stereocenters. The van der Waals surface area contributed by atoms with E-state index >= 15 is 0 Å². The van der Waals surface area contributed by atoms with Crippen LogP contribution in [0.5, 0.6) is 0 Å². The van der Waals surface area contributed by atoms with Crippen LogP contribution >= 0.6 is 23.2 Å². The molecule has 0 aromatic heterocycles. The molecular weight excluding hydrogens is 303 g/mol. The van der Waals surface area contributed by atoms with Gasteiger partial charge >= 0.3 is 11.9 Å². The molecule has 0 bridgehead atoms. The van der Waals surface area contributed by atoms with Crippen LogP contribution in [0.2, 0.25) is 0 Å². The average molecular weight is 325 g/mol. The minimum absolute atomic E-state index is 0.00801. The van der Waals surface area contributed by atoms with Crippen molar-refractivity contribution in [1.82, 2.24) is 0 Å². The third-order valence-corrected chi connectivity index (χ3v) is 3.24. The molecule has 0 aliphatic carbocycles. The second-order valence-electron chi connectivity index (χ2n) is 4.81. The first kappa shape index (κ1) is 19.3. The maximum absolute atomic E-state index is 12.3. The molecule has 6 heteroatoms. The van der Waals surface area contributed by atoms with Gasteiger partial charge in [-0.1, -0.05) is 37.0 Å². The quantitative estimate of drug-likeness (QED) is 0.524. The third kappa shape index (κ3) is 5.33. The lowest BCUT2D eigenvalue weighted by Gasteiger charge is -2.28. The van der Waals surface area contributed by atoms with Gasteiger partial charge in [0.15, 0.2) is 5.41 Å². The molecule has 1 atom stereocenters. The molecule has 0 aliphatic rings. The first-order chi connectivity index (χ1) is 9.19. The van der Waals surface area contributed by atoms with E-state index in [0.717, 1.165) is 0 Å². The number of esters is 2. The summed E-state index contributed by atoms with van der Waals surface area (Å²) in [6.07, 6.45) is 1.09. The van der Waals surface area contributed by atoms with Gasteiger partial charge in [-0.2, -0.15) is 0 Å². The van der Waals surface area contributed by atoms with Crippen LogP contribution in [-0.4, -0.2) is 24.1 Å². The molecule has 0 aromatic carbocycles. The first-order valence-corrected chi connectivity index (χ1v) is 7.40. The largest absolute Gasteiger partial charge is 0.462 e. The van der Waals surface area contributed by atoms with Crippen LogP contribution in [0.3, 0.4) is 0 Å². The summed E-state index contributed by atoms with van der Waals surface area (Å²) in [7, 11) is 0. The molecule has 4 nitrogen and oxygen atoms in total. The van der Waals surface area contributed by atoms with Gasteiger partial charge in [0.05, 0.1) is 6.10 Å². The number of halogens is 2. The standard InChI is InChI=1S/C14H22Cl2O4/c1-6-14(7-2,12(17)19-9(3)4)13(18)20-10(5)8-11(15)16/h8-10H,6-7H2,1-5H3. The van der Waals surface area contributed by atoms with E-state index in [9.17, 15) is 9.59 Å². The molecule has 0 saturated heterocycles. The Morgan fingerprint density at radius 3 is 1.85 bits per heavy atom. The van der Waals surface area contributed by atoms with Crippen LogP contribution < -0.4 is 0 Å². The zero-order valence-electron chi connectivity index (χ0n) is 12.5. The lowest BCUT2D eigenvalue weighted by atomic mass is 9.82. The Kier molecular flexibility index (Phi) is 8.21. The summed E-state index contributed by atoms with van der Waals surface area (Å²) in [6.45, 7) is 8.59. The molecule has 0 fully saturated rings. The van der Waals surface area contributed by atoms with Crippen molar-refractivity contribution in [1.29, 1.82) is 0 Å². The summed E-state index contributed by atoms with van der Waals surface area (Å²) < 4.78 is 10.4. The van der Waals surface area contributed by atoms with E-state index in [2.05, 4.69) is 0 Å². The molecule has 20 heavy (non-hydrogen) atoms. The van der Waals surface area contributed by atoms with E-state index in [1.54, 1.807) is 34.6 Å². The van der Waals surface area contributed by atoms with Gasteiger partial charge in [0.25, 0.3) is 0 Å². The lowest BCUT2D eigenvalue weighted by molar-refractivity contribution is -0.177. The Morgan fingerprint density at radius 2 is 1.50 bits per heavy atom. The zero-order valence-corrected chi connectivity index (χ0v) is 14.0. The predicted octanol–water partition coefficient (Wildman–Crippen LogP) is 4.00. The van der Waals surface area contributed by atoms with Crippen LogP contribution in [-0.2, 0) is 19.1 Å². The Labute approximate surface area is 130 Å². The normalized spacial score (nSPS) is 12.8. The van der Waals surface area contributed by atoms with E-state index in [1.807, 2.05) is 0 Å². The fraction of sp³-hybridized carbons (Fsp3) is 0.714. The van der Waals surface area contributed by atoms with Gasteiger partial charge in [0.2, 0.25) is 0 Å². The summed E-state index contributed by atoms with van der Waals surface area (Å²) in [5.41, 5.74) is -1.29. The SMILES string of the molecule is CCC(CC)(C(=O)OC(C)C)C(=O)OC(C)C=C(Cl)Cl. The highest BCUT2D eigenvalue weighted by atomic mass is 35.5. The van der Waals surface area contributed by atoms with Crippen molar-refractivity contribution < 1.29 is 19.1 Å². The van der Waals surface area contributed by atoms with Gasteiger partial charge in [-0.25, -0.2) is 0 Å². The number of carbonyl (C=O) groups is 2. The summed E-state index contributed by atoms with van der Waals surface area (Å²) in [5.74, 6) is -1.18. The van der Waals surface area contributed by atoms with Crippen molar-refractivity contribution >= 4 is 35.1 Å². The number of rotatable bonds is 7. The summed E-state index contributed by atoms with van der Waals surface area (Å²) in [5, 5.41) is 0. The molecule has 116 valence electrons. The Balaban J connectivity index is 5.11. The van der Waals surface area contributed by atoms with Crippen molar-refractivity contribution in [2.45, 2.75) is 59.7 Å². The monoisotopic (exact) mass is 324 g/mol. The van der Waals surface area contributed by atoms with E-state index in [-0.39, 0.29) is 10.6 Å². The molecule has 0 aliphatic heterocycles. The highest BCUT2D eigenvalue weighted by Gasteiger charge is 2.46. The minimum Gasteiger partial charge on any atom is -0.462 e. The Morgan fingerprint density at radius 1 is 1.05 bits per heavy atom. The first-order valence-electron chi connectivity index (χ1n) is 6.64. The van der Waals surface area contributed by atoms with Crippen LogP contribution in [0.25, 0.3) is 0 Å². The van der Waals surface area contributed by atoms with E-state index in [0.29, 0.717) is 12.8 Å². The summed E-state index contributed by atoms with van der Waals surface area (Å²) in [6, 6.07) is 0. The number of carbonyl (C=O) groups excluding carboxylic acids is 2. The van der Waals surface area contributed by atoms with Crippen LogP contribution in [0.4, 0.5) is 0 Å². The molecule has 0 amide bonds. The van der Waals surface area contributed by atoms with Gasteiger partial charge in [0.1, 0.15) is 10.6 Å². The molecule has 0 rings (SSSR count). The second-order valence-corrected chi connectivity index (χ2v) is 5.82. The van der Waals surface area contributed by atoms with Crippen molar-refractivity contribution in [3.05, 3.63) is 10.6 Å². The van der Waals surface area contributed by atoms with Gasteiger partial charge in [-0.15, -0.1) is 0 Å². The van der Waals surface area contributed by atoms with Gasteiger partial charge < -0.3 is 9.47 Å². The molecular formula is C14H22Cl2O4. The van der Waals surface area contributed by atoms with Gasteiger partial charge in [0, 0.05) is 0 Å². The van der Waals surface area contributed by atoms with Crippen LogP contribution in [0.1, 0.15) is 47.5 Å². The predicted molar refractivity (Wildman–Crippen MR) is 79.6 cm³/mol. The summed E-state index contributed by atoms with van der Waals surface area (Å²) in [4.78, 5) is 24.5. The fourth-order valence-corrected chi connectivity index (χ4v) is 2.09. The Bertz CT molecular complexity index is 369. The van der Waals surface area contributed by atoms with Gasteiger partial charge in [-0.05, 0) is 39.7 Å². The summed E-state index contributed by atoms with van der Waals surface area (Å²) >= 11 is 11.0. The molecule has 0 N–H and O–H groups in total. The van der Waals surface area contributed by atoms with Crippen molar-refractivity contribution in [2.75, 3.05) is 0 Å². The highest BCUT2D eigenvalue weighted by Crippen LogP contribution is 2.31. The van der Waals surface area contributed by atoms with Crippen molar-refractivity contribution in [2.24, 2.45) is 5.41 Å². The lowest BCUT2D eigenvalue weighted by Crippen LogP contribution is -2.43.